The van der Waals surface area contributed by atoms with Crippen molar-refractivity contribution in [3.8, 4) is 0 Å². The molecule has 0 bridgehead atoms. The predicted octanol–water partition coefficient (Wildman–Crippen LogP) is 6.60. The summed E-state index contributed by atoms with van der Waals surface area (Å²) in [6.07, 6.45) is -9.47. The largest absolute Gasteiger partial charge is 0.417 e. The van der Waals surface area contributed by atoms with Gasteiger partial charge < -0.3 is 0 Å². The highest BCUT2D eigenvalue weighted by atomic mass is 79.9. The zero-order chi connectivity index (χ0) is 19.7. The second-order valence-electron chi connectivity index (χ2n) is 5.46. The topological polar surface area (TPSA) is 17.1 Å². The summed E-state index contributed by atoms with van der Waals surface area (Å²) in [7, 11) is 0. The number of ketones is 1. The average molecular weight is 437 g/mol. The number of carbonyl (C=O) groups is 1. The summed E-state index contributed by atoms with van der Waals surface area (Å²) < 4.78 is 79.0. The molecule has 0 unspecified atom stereocenters. The number of halogens is 7. The molecule has 0 saturated heterocycles. The Balaban J connectivity index is 2.53. The summed E-state index contributed by atoms with van der Waals surface area (Å²) in [5.41, 5.74) is -2.75. The van der Waals surface area contributed by atoms with Gasteiger partial charge in [-0.3, -0.25) is 4.79 Å². The zero-order valence-corrected chi connectivity index (χ0v) is 14.8. The molecular formula is C18H11BrF6O. The van der Waals surface area contributed by atoms with E-state index in [1.165, 1.54) is 18.2 Å². The summed E-state index contributed by atoms with van der Waals surface area (Å²) in [5, 5.41) is 0. The number of alkyl halides is 6. The standard InChI is InChI=1S/C18H11BrF6O/c1-10-7-12(5-6-15(10)19)16(26)9-14(18(23,24)25)11-3-2-4-13(8-11)17(20,21)22/h2-9H,1H3/b14-9+. The molecule has 0 amide bonds. The van der Waals surface area contributed by atoms with E-state index >= 15 is 0 Å². The lowest BCUT2D eigenvalue weighted by Crippen LogP contribution is -2.14. The quantitative estimate of drug-likeness (QED) is 0.300. The van der Waals surface area contributed by atoms with Gasteiger partial charge in [-0.1, -0.05) is 28.1 Å². The summed E-state index contributed by atoms with van der Waals surface area (Å²) in [5.74, 6) is -0.953. The Hall–Kier alpha value is -2.09. The van der Waals surface area contributed by atoms with Crippen LogP contribution in [0.15, 0.2) is 53.0 Å². The third kappa shape index (κ3) is 4.75. The van der Waals surface area contributed by atoms with E-state index in [-0.39, 0.29) is 5.56 Å². The molecule has 0 spiro atoms. The lowest BCUT2D eigenvalue weighted by atomic mass is 9.99. The highest BCUT2D eigenvalue weighted by Crippen LogP contribution is 2.37. The van der Waals surface area contributed by atoms with Gasteiger partial charge in [-0.25, -0.2) is 0 Å². The van der Waals surface area contributed by atoms with Crippen molar-refractivity contribution in [1.82, 2.24) is 0 Å². The zero-order valence-electron chi connectivity index (χ0n) is 13.2. The van der Waals surface area contributed by atoms with Crippen LogP contribution in [-0.4, -0.2) is 12.0 Å². The van der Waals surface area contributed by atoms with Crippen molar-refractivity contribution >= 4 is 27.3 Å². The Morgan fingerprint density at radius 1 is 0.962 bits per heavy atom. The smallest absolute Gasteiger partial charge is 0.289 e. The van der Waals surface area contributed by atoms with Gasteiger partial charge in [0.05, 0.1) is 11.1 Å². The number of carbonyl (C=O) groups excluding carboxylic acids is 1. The van der Waals surface area contributed by atoms with Gasteiger partial charge >= 0.3 is 12.4 Å². The molecule has 26 heavy (non-hydrogen) atoms. The van der Waals surface area contributed by atoms with E-state index in [4.69, 9.17) is 0 Å². The first-order valence-electron chi connectivity index (χ1n) is 7.16. The minimum Gasteiger partial charge on any atom is -0.289 e. The first-order chi connectivity index (χ1) is 11.9. The van der Waals surface area contributed by atoms with E-state index in [1.54, 1.807) is 6.92 Å². The van der Waals surface area contributed by atoms with Gasteiger partial charge in [0, 0.05) is 10.0 Å². The van der Waals surface area contributed by atoms with E-state index in [1.807, 2.05) is 0 Å². The van der Waals surface area contributed by atoms with Crippen LogP contribution < -0.4 is 0 Å². The fourth-order valence-electron chi connectivity index (χ4n) is 2.20. The molecule has 0 fully saturated rings. The molecule has 0 aliphatic rings. The van der Waals surface area contributed by atoms with Crippen molar-refractivity contribution in [2.24, 2.45) is 0 Å². The van der Waals surface area contributed by atoms with Crippen LogP contribution in [0.3, 0.4) is 0 Å². The molecule has 0 aliphatic carbocycles. The van der Waals surface area contributed by atoms with E-state index in [0.717, 1.165) is 12.1 Å². The van der Waals surface area contributed by atoms with Gasteiger partial charge in [0.1, 0.15) is 0 Å². The lowest BCUT2D eigenvalue weighted by Gasteiger charge is -2.14. The molecule has 0 heterocycles. The number of aryl methyl sites for hydroxylation is 1. The number of rotatable bonds is 3. The summed E-state index contributed by atoms with van der Waals surface area (Å²) in [4.78, 5) is 12.2. The number of benzene rings is 2. The Morgan fingerprint density at radius 2 is 1.62 bits per heavy atom. The van der Waals surface area contributed by atoms with Crippen LogP contribution in [0.5, 0.6) is 0 Å². The van der Waals surface area contributed by atoms with Gasteiger partial charge in [-0.05, 0) is 54.5 Å². The Morgan fingerprint density at radius 3 is 2.15 bits per heavy atom. The molecule has 2 aromatic carbocycles. The average Bonchev–Trinajstić information content (AvgIpc) is 2.53. The maximum absolute atomic E-state index is 13.3. The first kappa shape index (κ1) is 20.2. The van der Waals surface area contributed by atoms with Gasteiger partial charge in [0.2, 0.25) is 0 Å². The maximum atomic E-state index is 13.3. The van der Waals surface area contributed by atoms with E-state index < -0.39 is 34.8 Å². The molecule has 0 saturated carbocycles. The summed E-state index contributed by atoms with van der Waals surface area (Å²) in [6.45, 7) is 1.65. The molecule has 1 nitrogen and oxygen atoms in total. The highest BCUT2D eigenvalue weighted by Gasteiger charge is 2.37. The fourth-order valence-corrected chi connectivity index (χ4v) is 2.45. The molecule has 8 heteroatoms. The lowest BCUT2D eigenvalue weighted by molar-refractivity contribution is -0.137. The predicted molar refractivity (Wildman–Crippen MR) is 88.7 cm³/mol. The SMILES string of the molecule is Cc1cc(C(=O)/C=C(\c2cccc(C(F)(F)F)c2)C(F)(F)F)ccc1Br. The van der Waals surface area contributed by atoms with Gasteiger partial charge in [0.25, 0.3) is 0 Å². The van der Waals surface area contributed by atoms with Crippen molar-refractivity contribution in [3.05, 3.63) is 75.3 Å². The van der Waals surface area contributed by atoms with Crippen LogP contribution in [0.4, 0.5) is 26.3 Å². The molecule has 2 aromatic rings. The second-order valence-corrected chi connectivity index (χ2v) is 6.32. The third-order valence-corrected chi connectivity index (χ3v) is 4.41. The van der Waals surface area contributed by atoms with Gasteiger partial charge in [0.15, 0.2) is 5.78 Å². The van der Waals surface area contributed by atoms with Crippen LogP contribution in [0.1, 0.15) is 27.0 Å². The fraction of sp³-hybridized carbons (Fsp3) is 0.167. The summed E-state index contributed by atoms with van der Waals surface area (Å²) in [6, 6.07) is 7.02. The molecule has 0 radical (unpaired) electrons. The minimum atomic E-state index is -5.00. The normalized spacial score (nSPS) is 13.0. The van der Waals surface area contributed by atoms with E-state index in [9.17, 15) is 31.1 Å². The van der Waals surface area contributed by atoms with Crippen molar-refractivity contribution in [1.29, 1.82) is 0 Å². The number of hydrogen-bond acceptors (Lipinski definition) is 1. The van der Waals surface area contributed by atoms with Crippen molar-refractivity contribution in [2.75, 3.05) is 0 Å². The third-order valence-electron chi connectivity index (χ3n) is 3.52. The van der Waals surface area contributed by atoms with Gasteiger partial charge in [-0.15, -0.1) is 0 Å². The van der Waals surface area contributed by atoms with E-state index in [0.29, 0.717) is 28.2 Å². The molecule has 2 rings (SSSR count). The van der Waals surface area contributed by atoms with Crippen LogP contribution in [-0.2, 0) is 6.18 Å². The molecule has 0 aliphatic heterocycles. The van der Waals surface area contributed by atoms with E-state index in [2.05, 4.69) is 15.9 Å². The highest BCUT2D eigenvalue weighted by molar-refractivity contribution is 9.10. The summed E-state index contributed by atoms with van der Waals surface area (Å²) >= 11 is 3.21. The van der Waals surface area contributed by atoms with Crippen molar-refractivity contribution in [3.63, 3.8) is 0 Å². The van der Waals surface area contributed by atoms with Crippen LogP contribution in [0.25, 0.3) is 5.57 Å². The van der Waals surface area contributed by atoms with Gasteiger partial charge in [-0.2, -0.15) is 26.3 Å². The first-order valence-corrected chi connectivity index (χ1v) is 7.96. The number of allylic oxidation sites excluding steroid dienone is 2. The number of hydrogen-bond donors (Lipinski definition) is 0. The van der Waals surface area contributed by atoms with Crippen LogP contribution in [0.2, 0.25) is 0 Å². The van der Waals surface area contributed by atoms with Crippen LogP contribution >= 0.6 is 15.9 Å². The van der Waals surface area contributed by atoms with Crippen molar-refractivity contribution < 1.29 is 31.1 Å². The van der Waals surface area contributed by atoms with Crippen molar-refractivity contribution in [2.45, 2.75) is 19.3 Å². The minimum absolute atomic E-state index is 0.000532. The monoisotopic (exact) mass is 436 g/mol. The van der Waals surface area contributed by atoms with Crippen LogP contribution in [0, 0.1) is 6.92 Å². The maximum Gasteiger partial charge on any atom is 0.417 e. The molecule has 0 aromatic heterocycles. The second kappa shape index (κ2) is 7.26. The molecule has 0 N–H and O–H groups in total. The molecule has 0 atom stereocenters. The molecule has 138 valence electrons. The Kier molecular flexibility index (Phi) is 5.65. The Labute approximate surface area is 153 Å². The molecular weight excluding hydrogens is 426 g/mol. The Bertz CT molecular complexity index is 865.